The summed E-state index contributed by atoms with van der Waals surface area (Å²) in [5.74, 6) is 0. The van der Waals surface area contributed by atoms with Crippen molar-refractivity contribution in [3.63, 3.8) is 0 Å². The fourth-order valence-corrected chi connectivity index (χ4v) is 1.94. The smallest absolute Gasteiger partial charge is 0.0586 e. The Labute approximate surface area is 75.6 Å². The Morgan fingerprint density at radius 3 is 2.50 bits per heavy atom. The zero-order valence-electron chi connectivity index (χ0n) is 8.13. The van der Waals surface area contributed by atoms with Gasteiger partial charge in [-0.15, -0.1) is 0 Å². The Hall–Kier alpha value is -0.0800. The van der Waals surface area contributed by atoms with Gasteiger partial charge in [0.1, 0.15) is 0 Å². The summed E-state index contributed by atoms with van der Waals surface area (Å²) in [6.07, 6.45) is 6.31. The van der Waals surface area contributed by atoms with E-state index in [9.17, 15) is 5.11 Å². The van der Waals surface area contributed by atoms with Crippen molar-refractivity contribution in [3.8, 4) is 0 Å². The first kappa shape index (κ1) is 10.0. The fraction of sp³-hybridized carbons (Fsp3) is 1.00. The number of aliphatic hydroxyl groups excluding tert-OH is 1. The molecule has 1 N–H and O–H groups in total. The molecule has 0 bridgehead atoms. The van der Waals surface area contributed by atoms with Crippen molar-refractivity contribution in [2.75, 3.05) is 19.7 Å². The van der Waals surface area contributed by atoms with Crippen LogP contribution in [0.25, 0.3) is 0 Å². The Morgan fingerprint density at radius 2 is 2.00 bits per heavy atom. The highest BCUT2D eigenvalue weighted by molar-refractivity contribution is 4.75. The summed E-state index contributed by atoms with van der Waals surface area (Å²) in [6, 6.07) is 0.451. The second-order valence-corrected chi connectivity index (χ2v) is 3.72. The van der Waals surface area contributed by atoms with Gasteiger partial charge in [0.25, 0.3) is 0 Å². The van der Waals surface area contributed by atoms with Gasteiger partial charge >= 0.3 is 0 Å². The molecule has 12 heavy (non-hydrogen) atoms. The molecule has 0 amide bonds. The molecule has 0 aromatic heterocycles. The van der Waals surface area contributed by atoms with Gasteiger partial charge < -0.3 is 5.11 Å². The van der Waals surface area contributed by atoms with Gasteiger partial charge in [-0.3, -0.25) is 4.90 Å². The molecule has 1 saturated heterocycles. The monoisotopic (exact) mass is 171 g/mol. The largest absolute Gasteiger partial charge is 0.395 e. The predicted octanol–water partition coefficient (Wildman–Crippen LogP) is 1.63. The lowest BCUT2D eigenvalue weighted by molar-refractivity contribution is 0.137. The lowest BCUT2D eigenvalue weighted by Crippen LogP contribution is -2.35. The average molecular weight is 171 g/mol. The highest BCUT2D eigenvalue weighted by atomic mass is 16.3. The third-order valence-electron chi connectivity index (χ3n) is 2.76. The van der Waals surface area contributed by atoms with E-state index in [0.717, 1.165) is 0 Å². The zero-order chi connectivity index (χ0) is 8.81. The summed E-state index contributed by atoms with van der Waals surface area (Å²) in [7, 11) is 0. The van der Waals surface area contributed by atoms with E-state index >= 15 is 0 Å². The lowest BCUT2D eigenvalue weighted by atomic mass is 10.1. The number of hydrogen-bond acceptors (Lipinski definition) is 2. The second-order valence-electron chi connectivity index (χ2n) is 3.72. The van der Waals surface area contributed by atoms with Crippen molar-refractivity contribution in [1.82, 2.24) is 4.90 Å². The van der Waals surface area contributed by atoms with Crippen LogP contribution in [0.4, 0.5) is 0 Å². The van der Waals surface area contributed by atoms with E-state index in [1.54, 1.807) is 0 Å². The standard InChI is InChI=1S/C10H21NO/c1-2-3-6-10(9-12)11-7-4-5-8-11/h10,12H,2-9H2,1H3. The van der Waals surface area contributed by atoms with Crippen LogP contribution in [0.1, 0.15) is 39.0 Å². The molecule has 0 spiro atoms. The van der Waals surface area contributed by atoms with E-state index < -0.39 is 0 Å². The van der Waals surface area contributed by atoms with Gasteiger partial charge in [0.2, 0.25) is 0 Å². The first-order valence-electron chi connectivity index (χ1n) is 5.23. The van der Waals surface area contributed by atoms with E-state index in [1.807, 2.05) is 0 Å². The fourth-order valence-electron chi connectivity index (χ4n) is 1.94. The number of rotatable bonds is 5. The molecule has 1 aliphatic heterocycles. The predicted molar refractivity (Wildman–Crippen MR) is 51.2 cm³/mol. The minimum Gasteiger partial charge on any atom is -0.395 e. The maximum Gasteiger partial charge on any atom is 0.0586 e. The summed E-state index contributed by atoms with van der Waals surface area (Å²) in [5.41, 5.74) is 0. The maximum absolute atomic E-state index is 9.17. The molecule has 1 rings (SSSR count). The minimum atomic E-state index is 0.347. The highest BCUT2D eigenvalue weighted by Gasteiger charge is 2.19. The number of aliphatic hydroxyl groups is 1. The molecule has 1 fully saturated rings. The highest BCUT2D eigenvalue weighted by Crippen LogP contribution is 2.15. The van der Waals surface area contributed by atoms with Gasteiger partial charge in [-0.25, -0.2) is 0 Å². The van der Waals surface area contributed by atoms with Crippen molar-refractivity contribution < 1.29 is 5.11 Å². The van der Waals surface area contributed by atoms with Gasteiger partial charge in [0.15, 0.2) is 0 Å². The number of nitrogens with zero attached hydrogens (tertiary/aromatic N) is 1. The third kappa shape index (κ3) is 2.76. The third-order valence-corrected chi connectivity index (χ3v) is 2.76. The van der Waals surface area contributed by atoms with E-state index in [-0.39, 0.29) is 0 Å². The van der Waals surface area contributed by atoms with Crippen LogP contribution in [0.15, 0.2) is 0 Å². The van der Waals surface area contributed by atoms with Gasteiger partial charge in [0, 0.05) is 6.04 Å². The average Bonchev–Trinajstić information content (AvgIpc) is 2.59. The Balaban J connectivity index is 2.22. The summed E-state index contributed by atoms with van der Waals surface area (Å²) in [6.45, 7) is 4.96. The molecule has 2 heteroatoms. The molecular weight excluding hydrogens is 150 g/mol. The van der Waals surface area contributed by atoms with Crippen LogP contribution in [-0.2, 0) is 0 Å². The molecular formula is C10H21NO. The molecule has 0 radical (unpaired) electrons. The minimum absolute atomic E-state index is 0.347. The van der Waals surface area contributed by atoms with Crippen molar-refractivity contribution in [3.05, 3.63) is 0 Å². The molecule has 1 unspecified atom stereocenters. The van der Waals surface area contributed by atoms with Crippen molar-refractivity contribution in [2.24, 2.45) is 0 Å². The maximum atomic E-state index is 9.17. The van der Waals surface area contributed by atoms with E-state index in [1.165, 1.54) is 45.2 Å². The Bertz CT molecular complexity index is 110. The van der Waals surface area contributed by atoms with E-state index in [2.05, 4.69) is 11.8 Å². The van der Waals surface area contributed by atoms with Crippen molar-refractivity contribution >= 4 is 0 Å². The normalized spacial score (nSPS) is 21.5. The molecule has 72 valence electrons. The molecule has 1 aliphatic rings. The summed E-state index contributed by atoms with van der Waals surface area (Å²) in [4.78, 5) is 2.44. The number of unbranched alkanes of at least 4 members (excludes halogenated alkanes) is 1. The molecule has 0 aliphatic carbocycles. The van der Waals surface area contributed by atoms with Crippen LogP contribution >= 0.6 is 0 Å². The molecule has 1 atom stereocenters. The molecule has 0 aromatic rings. The summed E-state index contributed by atoms with van der Waals surface area (Å²) >= 11 is 0. The van der Waals surface area contributed by atoms with Gasteiger partial charge in [-0.05, 0) is 32.4 Å². The van der Waals surface area contributed by atoms with Crippen LogP contribution in [0.5, 0.6) is 0 Å². The van der Waals surface area contributed by atoms with Crippen molar-refractivity contribution in [1.29, 1.82) is 0 Å². The van der Waals surface area contributed by atoms with Crippen LogP contribution in [0, 0.1) is 0 Å². The molecule has 0 aromatic carbocycles. The molecule has 1 heterocycles. The van der Waals surface area contributed by atoms with Gasteiger partial charge in [-0.1, -0.05) is 19.8 Å². The number of hydrogen-bond donors (Lipinski definition) is 1. The molecule has 2 nitrogen and oxygen atoms in total. The topological polar surface area (TPSA) is 23.5 Å². The van der Waals surface area contributed by atoms with Crippen LogP contribution in [-0.4, -0.2) is 35.7 Å². The Kier molecular flexibility index (Phi) is 4.62. The van der Waals surface area contributed by atoms with Gasteiger partial charge in [0.05, 0.1) is 6.61 Å². The lowest BCUT2D eigenvalue weighted by Gasteiger charge is -2.25. The second kappa shape index (κ2) is 5.55. The van der Waals surface area contributed by atoms with E-state index in [4.69, 9.17) is 0 Å². The van der Waals surface area contributed by atoms with Crippen LogP contribution in [0.2, 0.25) is 0 Å². The van der Waals surface area contributed by atoms with Crippen LogP contribution < -0.4 is 0 Å². The quantitative estimate of drug-likeness (QED) is 0.679. The number of likely N-dealkylation sites (tertiary alicyclic amines) is 1. The molecule has 0 saturated carbocycles. The first-order chi connectivity index (χ1) is 5.88. The summed E-state index contributed by atoms with van der Waals surface area (Å²) in [5, 5.41) is 9.17. The van der Waals surface area contributed by atoms with E-state index in [0.29, 0.717) is 12.6 Å². The Morgan fingerprint density at radius 1 is 1.33 bits per heavy atom. The van der Waals surface area contributed by atoms with Crippen LogP contribution in [0.3, 0.4) is 0 Å². The van der Waals surface area contributed by atoms with Gasteiger partial charge in [-0.2, -0.15) is 0 Å². The zero-order valence-corrected chi connectivity index (χ0v) is 8.13. The SMILES string of the molecule is CCCCC(CO)N1CCCC1. The first-order valence-corrected chi connectivity index (χ1v) is 5.23. The summed E-state index contributed by atoms with van der Waals surface area (Å²) < 4.78 is 0. The van der Waals surface area contributed by atoms with Crippen molar-refractivity contribution in [2.45, 2.75) is 45.1 Å².